The maximum Gasteiger partial charge on any atom is 0.330 e. The van der Waals surface area contributed by atoms with E-state index >= 15 is 0 Å². The van der Waals surface area contributed by atoms with E-state index in [0.29, 0.717) is 17.2 Å². The lowest BCUT2D eigenvalue weighted by molar-refractivity contribution is 0.627. The van der Waals surface area contributed by atoms with Gasteiger partial charge in [-0.2, -0.15) is 5.10 Å². The molecule has 0 saturated carbocycles. The first kappa shape index (κ1) is 19.3. The summed E-state index contributed by atoms with van der Waals surface area (Å²) in [5.74, 6) is -0.302. The number of nitrogens with zero attached hydrogens (tertiary/aromatic N) is 5. The van der Waals surface area contributed by atoms with E-state index in [1.807, 2.05) is 42.6 Å². The second-order valence-corrected chi connectivity index (χ2v) is 7.68. The van der Waals surface area contributed by atoms with Gasteiger partial charge in [-0.3, -0.25) is 9.13 Å². The van der Waals surface area contributed by atoms with Crippen LogP contribution >= 0.6 is 11.6 Å². The van der Waals surface area contributed by atoms with Crippen LogP contribution in [0.25, 0.3) is 28.1 Å². The fourth-order valence-electron chi connectivity index (χ4n) is 3.57. The lowest BCUT2D eigenvalue weighted by atomic mass is 10.1. The average molecular weight is 434 g/mol. The highest BCUT2D eigenvalue weighted by Crippen LogP contribution is 2.22. The van der Waals surface area contributed by atoms with Crippen LogP contribution < -0.4 is 5.69 Å². The lowest BCUT2D eigenvalue weighted by Gasteiger charge is -2.04. The number of aromatic nitrogens is 5. The van der Waals surface area contributed by atoms with E-state index < -0.39 is 0 Å². The predicted octanol–water partition coefficient (Wildman–Crippen LogP) is 4.43. The molecule has 5 rings (SSSR count). The molecule has 0 amide bonds. The molecule has 3 heterocycles. The molecular formula is C23H17ClFN5O. The van der Waals surface area contributed by atoms with Crippen molar-refractivity contribution in [3.8, 4) is 16.9 Å². The van der Waals surface area contributed by atoms with Gasteiger partial charge in [-0.15, -0.1) is 0 Å². The van der Waals surface area contributed by atoms with E-state index in [0.717, 1.165) is 28.0 Å². The van der Waals surface area contributed by atoms with Gasteiger partial charge in [0.05, 0.1) is 29.6 Å². The van der Waals surface area contributed by atoms with Gasteiger partial charge in [0.25, 0.3) is 0 Å². The minimum atomic E-state index is -0.302. The van der Waals surface area contributed by atoms with Gasteiger partial charge in [0.2, 0.25) is 0 Å². The van der Waals surface area contributed by atoms with E-state index in [-0.39, 0.29) is 11.5 Å². The molecule has 154 valence electrons. The van der Waals surface area contributed by atoms with E-state index in [2.05, 4.69) is 5.10 Å². The minimum absolute atomic E-state index is 0.162. The molecule has 0 unspecified atom stereocenters. The second kappa shape index (κ2) is 7.52. The molecule has 8 heteroatoms. The van der Waals surface area contributed by atoms with Gasteiger partial charge in [-0.25, -0.2) is 18.9 Å². The first-order valence-corrected chi connectivity index (χ1v) is 9.99. The summed E-state index contributed by atoms with van der Waals surface area (Å²) in [5, 5.41) is 4.99. The molecule has 0 spiro atoms. The van der Waals surface area contributed by atoms with Crippen molar-refractivity contribution in [3.63, 3.8) is 0 Å². The van der Waals surface area contributed by atoms with Gasteiger partial charge in [0.15, 0.2) is 5.65 Å². The van der Waals surface area contributed by atoms with Crippen molar-refractivity contribution < 1.29 is 4.39 Å². The third kappa shape index (κ3) is 3.53. The van der Waals surface area contributed by atoms with Gasteiger partial charge in [0, 0.05) is 29.4 Å². The Bertz CT molecular complexity index is 1450. The Hall–Kier alpha value is -3.71. The standard InChI is InChI=1S/C23H17ClFN5O/c1-28-22-21(11-10-20(27-22)16-2-4-17(24)5-3-16)29(23(28)31)13-15-12-26-30(14-15)19-8-6-18(25)7-9-19/h2-12,14H,13H2,1H3. The quantitative estimate of drug-likeness (QED) is 0.421. The SMILES string of the molecule is Cn1c(=O)n(Cc2cnn(-c3ccc(F)cc3)c2)c2ccc(-c3ccc(Cl)cc3)nc21. The summed E-state index contributed by atoms with van der Waals surface area (Å²) in [6.07, 6.45) is 3.53. The van der Waals surface area contributed by atoms with Gasteiger partial charge in [0.1, 0.15) is 5.82 Å². The number of pyridine rings is 1. The summed E-state index contributed by atoms with van der Waals surface area (Å²) < 4.78 is 18.0. The summed E-state index contributed by atoms with van der Waals surface area (Å²) in [6.45, 7) is 0.347. The summed E-state index contributed by atoms with van der Waals surface area (Å²) in [7, 11) is 1.71. The Morgan fingerprint density at radius 2 is 1.74 bits per heavy atom. The molecule has 5 aromatic rings. The Kier molecular flexibility index (Phi) is 4.67. The summed E-state index contributed by atoms with van der Waals surface area (Å²) in [4.78, 5) is 17.6. The number of halogens is 2. The molecule has 3 aromatic heterocycles. The number of fused-ring (bicyclic) bond motifs is 1. The van der Waals surface area contributed by atoms with Gasteiger partial charge in [-0.1, -0.05) is 23.7 Å². The molecule has 31 heavy (non-hydrogen) atoms. The molecule has 0 saturated heterocycles. The Balaban J connectivity index is 1.50. The fourth-order valence-corrected chi connectivity index (χ4v) is 3.69. The summed E-state index contributed by atoms with van der Waals surface area (Å²) in [5.41, 5.74) is 4.45. The lowest BCUT2D eigenvalue weighted by Crippen LogP contribution is -2.22. The smallest absolute Gasteiger partial charge is 0.286 e. The topological polar surface area (TPSA) is 57.6 Å². The van der Waals surface area contributed by atoms with E-state index in [9.17, 15) is 9.18 Å². The first-order valence-electron chi connectivity index (χ1n) is 9.61. The van der Waals surface area contributed by atoms with Crippen molar-refractivity contribution in [2.24, 2.45) is 7.05 Å². The van der Waals surface area contributed by atoms with Gasteiger partial charge in [-0.05, 0) is 48.5 Å². The molecule has 0 bridgehead atoms. The normalized spacial score (nSPS) is 11.3. The number of benzene rings is 2. The molecule has 0 radical (unpaired) electrons. The Morgan fingerprint density at radius 1 is 1.00 bits per heavy atom. The molecule has 0 aliphatic carbocycles. The average Bonchev–Trinajstić information content (AvgIpc) is 3.34. The third-order valence-corrected chi connectivity index (χ3v) is 5.44. The van der Waals surface area contributed by atoms with E-state index in [1.54, 1.807) is 39.2 Å². The molecule has 0 N–H and O–H groups in total. The number of hydrogen-bond acceptors (Lipinski definition) is 3. The zero-order chi connectivity index (χ0) is 21.5. The van der Waals surface area contributed by atoms with Crippen LogP contribution in [0.5, 0.6) is 0 Å². The third-order valence-electron chi connectivity index (χ3n) is 5.19. The molecular weight excluding hydrogens is 417 g/mol. The molecule has 0 fully saturated rings. The highest BCUT2D eigenvalue weighted by Gasteiger charge is 2.14. The van der Waals surface area contributed by atoms with E-state index in [1.165, 1.54) is 12.1 Å². The van der Waals surface area contributed by atoms with Crippen molar-refractivity contribution in [2.45, 2.75) is 6.54 Å². The van der Waals surface area contributed by atoms with Crippen LogP contribution in [0.2, 0.25) is 5.02 Å². The number of aryl methyl sites for hydroxylation is 1. The van der Waals surface area contributed by atoms with Crippen molar-refractivity contribution in [3.05, 3.63) is 99.9 Å². The monoisotopic (exact) mass is 433 g/mol. The van der Waals surface area contributed by atoms with Crippen molar-refractivity contribution in [1.29, 1.82) is 0 Å². The van der Waals surface area contributed by atoms with Crippen LogP contribution in [-0.4, -0.2) is 23.9 Å². The van der Waals surface area contributed by atoms with Crippen molar-refractivity contribution in [1.82, 2.24) is 23.9 Å². The van der Waals surface area contributed by atoms with Crippen molar-refractivity contribution in [2.75, 3.05) is 0 Å². The maximum absolute atomic E-state index is 13.2. The van der Waals surface area contributed by atoms with Crippen LogP contribution in [0.3, 0.4) is 0 Å². The summed E-state index contributed by atoms with van der Waals surface area (Å²) >= 11 is 5.98. The van der Waals surface area contributed by atoms with Crippen LogP contribution in [0, 0.1) is 5.82 Å². The highest BCUT2D eigenvalue weighted by molar-refractivity contribution is 6.30. The molecule has 6 nitrogen and oxygen atoms in total. The number of rotatable bonds is 4. The number of imidazole rings is 1. The second-order valence-electron chi connectivity index (χ2n) is 7.24. The maximum atomic E-state index is 13.2. The molecule has 0 aliphatic heterocycles. The van der Waals surface area contributed by atoms with Crippen LogP contribution in [-0.2, 0) is 13.6 Å². The predicted molar refractivity (Wildman–Crippen MR) is 118 cm³/mol. The minimum Gasteiger partial charge on any atom is -0.286 e. The Labute approximate surface area is 181 Å². The van der Waals surface area contributed by atoms with Crippen LogP contribution in [0.1, 0.15) is 5.56 Å². The van der Waals surface area contributed by atoms with Crippen LogP contribution in [0.4, 0.5) is 4.39 Å². The molecule has 0 atom stereocenters. The zero-order valence-electron chi connectivity index (χ0n) is 16.5. The largest absolute Gasteiger partial charge is 0.330 e. The fraction of sp³-hybridized carbons (Fsp3) is 0.0870. The van der Waals surface area contributed by atoms with Crippen LogP contribution in [0.15, 0.2) is 77.9 Å². The zero-order valence-corrected chi connectivity index (χ0v) is 17.3. The molecule has 2 aromatic carbocycles. The first-order chi connectivity index (χ1) is 15.0. The van der Waals surface area contributed by atoms with Gasteiger partial charge >= 0.3 is 5.69 Å². The molecule has 0 aliphatic rings. The number of hydrogen-bond donors (Lipinski definition) is 0. The highest BCUT2D eigenvalue weighted by atomic mass is 35.5. The van der Waals surface area contributed by atoms with Gasteiger partial charge < -0.3 is 0 Å². The van der Waals surface area contributed by atoms with E-state index in [4.69, 9.17) is 16.6 Å². The van der Waals surface area contributed by atoms with Crippen molar-refractivity contribution >= 4 is 22.8 Å². The summed E-state index contributed by atoms with van der Waals surface area (Å²) in [6, 6.07) is 17.3. The Morgan fingerprint density at radius 3 is 2.48 bits per heavy atom.